The van der Waals surface area contributed by atoms with Crippen LogP contribution in [0.15, 0.2) is 34.9 Å². The number of nitrogens with two attached hydrogens (primary N) is 1. The first-order chi connectivity index (χ1) is 8.99. The fourth-order valence-electron chi connectivity index (χ4n) is 1.37. The highest BCUT2D eigenvalue weighted by Crippen LogP contribution is 2.30. The normalized spacial score (nSPS) is 10.3. The van der Waals surface area contributed by atoms with E-state index in [1.807, 2.05) is 0 Å². The number of hydrogen-bond acceptors (Lipinski definition) is 3. The molecule has 1 amide bonds. The Balaban J connectivity index is 2.26. The topological polar surface area (TPSA) is 68.0 Å². The van der Waals surface area contributed by atoms with Crippen LogP contribution in [-0.2, 0) is 0 Å². The van der Waals surface area contributed by atoms with Gasteiger partial charge in [-0.05, 0) is 34.1 Å². The van der Waals surface area contributed by atoms with Gasteiger partial charge in [-0.3, -0.25) is 4.79 Å². The van der Waals surface area contributed by atoms with Crippen molar-refractivity contribution in [2.45, 2.75) is 0 Å². The Morgan fingerprint density at radius 1 is 1.32 bits per heavy atom. The molecule has 1 heterocycles. The van der Waals surface area contributed by atoms with Gasteiger partial charge in [0.15, 0.2) is 0 Å². The van der Waals surface area contributed by atoms with Crippen LogP contribution in [0.5, 0.6) is 0 Å². The Morgan fingerprint density at radius 3 is 2.74 bits per heavy atom. The molecular formula is C12H8BrCl2N3O. The molecule has 2 aromatic rings. The molecule has 4 nitrogen and oxygen atoms in total. The van der Waals surface area contributed by atoms with Gasteiger partial charge in [0.05, 0.1) is 25.8 Å². The fourth-order valence-corrected chi connectivity index (χ4v) is 2.07. The molecule has 1 aromatic carbocycles. The molecule has 0 aliphatic carbocycles. The van der Waals surface area contributed by atoms with Crippen molar-refractivity contribution in [2.24, 2.45) is 0 Å². The lowest BCUT2D eigenvalue weighted by Crippen LogP contribution is -2.13. The summed E-state index contributed by atoms with van der Waals surface area (Å²) in [6.07, 6.45) is 1.36. The molecule has 7 heteroatoms. The molecule has 0 radical (unpaired) electrons. The maximum atomic E-state index is 12.0. The highest BCUT2D eigenvalue weighted by Gasteiger charge is 2.11. The van der Waals surface area contributed by atoms with Gasteiger partial charge in [0.1, 0.15) is 5.82 Å². The quantitative estimate of drug-likeness (QED) is 0.850. The highest BCUT2D eigenvalue weighted by atomic mass is 79.9. The second-order valence-electron chi connectivity index (χ2n) is 3.65. The molecule has 98 valence electrons. The minimum absolute atomic E-state index is 0.183. The van der Waals surface area contributed by atoms with E-state index >= 15 is 0 Å². The Hall–Kier alpha value is -1.30. The van der Waals surface area contributed by atoms with E-state index in [-0.39, 0.29) is 16.7 Å². The number of nitrogen functional groups attached to an aromatic ring is 1. The number of pyridine rings is 1. The standard InChI is InChI=1S/C12H8BrCl2N3O/c13-10-7(14)2-1-3-9(10)18-12(19)6-4-8(15)11(16)17-5-6/h1-5H,(H2,16,17)(H,18,19). The number of rotatable bonds is 2. The third kappa shape index (κ3) is 3.18. The molecule has 19 heavy (non-hydrogen) atoms. The Bertz CT molecular complexity index is 649. The van der Waals surface area contributed by atoms with E-state index in [0.29, 0.717) is 20.7 Å². The summed E-state index contributed by atoms with van der Waals surface area (Å²) < 4.78 is 0.611. The van der Waals surface area contributed by atoms with Crippen LogP contribution in [0.3, 0.4) is 0 Å². The Morgan fingerprint density at radius 2 is 2.05 bits per heavy atom. The van der Waals surface area contributed by atoms with Crippen LogP contribution in [0, 0.1) is 0 Å². The van der Waals surface area contributed by atoms with Gasteiger partial charge < -0.3 is 11.1 Å². The van der Waals surface area contributed by atoms with Gasteiger partial charge in [0.2, 0.25) is 0 Å². The van der Waals surface area contributed by atoms with Gasteiger partial charge in [-0.15, -0.1) is 0 Å². The van der Waals surface area contributed by atoms with Crippen LogP contribution >= 0.6 is 39.1 Å². The molecule has 0 fully saturated rings. The van der Waals surface area contributed by atoms with Gasteiger partial charge in [0, 0.05) is 6.20 Å². The second kappa shape index (κ2) is 5.77. The first-order valence-electron chi connectivity index (χ1n) is 5.15. The molecule has 3 N–H and O–H groups in total. The lowest BCUT2D eigenvalue weighted by molar-refractivity contribution is 0.102. The zero-order valence-electron chi connectivity index (χ0n) is 9.45. The van der Waals surface area contributed by atoms with E-state index in [1.54, 1.807) is 18.2 Å². The van der Waals surface area contributed by atoms with Crippen molar-refractivity contribution in [3.8, 4) is 0 Å². The van der Waals surface area contributed by atoms with Crippen molar-refractivity contribution in [3.63, 3.8) is 0 Å². The molecule has 0 unspecified atom stereocenters. The van der Waals surface area contributed by atoms with E-state index in [4.69, 9.17) is 28.9 Å². The molecule has 0 saturated carbocycles. The average Bonchev–Trinajstić information content (AvgIpc) is 2.38. The average molecular weight is 361 g/mol. The number of anilines is 2. The lowest BCUT2D eigenvalue weighted by Gasteiger charge is -2.08. The number of halogens is 3. The van der Waals surface area contributed by atoms with Crippen LogP contribution in [-0.4, -0.2) is 10.9 Å². The van der Waals surface area contributed by atoms with Gasteiger partial charge in [0.25, 0.3) is 5.91 Å². The van der Waals surface area contributed by atoms with E-state index in [1.165, 1.54) is 12.3 Å². The van der Waals surface area contributed by atoms with Crippen LogP contribution in [0.1, 0.15) is 10.4 Å². The van der Waals surface area contributed by atoms with Crippen LogP contribution < -0.4 is 11.1 Å². The molecule has 2 rings (SSSR count). The van der Waals surface area contributed by atoms with Crippen LogP contribution in [0.2, 0.25) is 10.0 Å². The minimum Gasteiger partial charge on any atom is -0.382 e. The number of hydrogen-bond donors (Lipinski definition) is 2. The maximum Gasteiger partial charge on any atom is 0.257 e. The molecule has 0 saturated heterocycles. The lowest BCUT2D eigenvalue weighted by atomic mass is 10.2. The summed E-state index contributed by atoms with van der Waals surface area (Å²) in [6.45, 7) is 0. The third-order valence-corrected chi connectivity index (χ3v) is 4.03. The van der Waals surface area contributed by atoms with E-state index in [2.05, 4.69) is 26.2 Å². The summed E-state index contributed by atoms with van der Waals surface area (Å²) in [6, 6.07) is 6.62. The van der Waals surface area contributed by atoms with Crippen LogP contribution in [0.4, 0.5) is 11.5 Å². The number of carbonyl (C=O) groups excluding carboxylic acids is 1. The number of carbonyl (C=O) groups is 1. The molecule has 0 aliphatic rings. The predicted octanol–water partition coefficient (Wildman–Crippen LogP) is 3.99. The fraction of sp³-hybridized carbons (Fsp3) is 0. The second-order valence-corrected chi connectivity index (χ2v) is 5.25. The molecular weight excluding hydrogens is 353 g/mol. The number of nitrogens with one attached hydrogen (secondary N) is 1. The smallest absolute Gasteiger partial charge is 0.257 e. The molecule has 0 spiro atoms. The van der Waals surface area contributed by atoms with Crippen molar-refractivity contribution < 1.29 is 4.79 Å². The van der Waals surface area contributed by atoms with Crippen molar-refractivity contribution in [2.75, 3.05) is 11.1 Å². The number of amides is 1. The Kier molecular flexibility index (Phi) is 4.29. The summed E-state index contributed by atoms with van der Waals surface area (Å²) >= 11 is 15.1. The summed E-state index contributed by atoms with van der Waals surface area (Å²) in [4.78, 5) is 15.9. The SMILES string of the molecule is Nc1ncc(C(=O)Nc2cccc(Cl)c2Br)cc1Cl. The molecule has 1 aromatic heterocycles. The van der Waals surface area contributed by atoms with Crippen molar-refractivity contribution >= 4 is 56.5 Å². The van der Waals surface area contributed by atoms with Crippen molar-refractivity contribution in [3.05, 3.63) is 50.5 Å². The van der Waals surface area contributed by atoms with Crippen molar-refractivity contribution in [1.29, 1.82) is 0 Å². The largest absolute Gasteiger partial charge is 0.382 e. The zero-order chi connectivity index (χ0) is 14.0. The third-order valence-electron chi connectivity index (χ3n) is 2.33. The minimum atomic E-state index is -0.350. The van der Waals surface area contributed by atoms with E-state index in [9.17, 15) is 4.79 Å². The summed E-state index contributed by atoms with van der Waals surface area (Å²) in [5, 5.41) is 3.44. The monoisotopic (exact) mass is 359 g/mol. The first kappa shape index (κ1) is 14.1. The first-order valence-corrected chi connectivity index (χ1v) is 6.70. The van der Waals surface area contributed by atoms with Gasteiger partial charge in [-0.25, -0.2) is 4.98 Å². The molecule has 0 bridgehead atoms. The summed E-state index contributed by atoms with van der Waals surface area (Å²) in [7, 11) is 0. The van der Waals surface area contributed by atoms with E-state index < -0.39 is 0 Å². The zero-order valence-corrected chi connectivity index (χ0v) is 12.6. The number of benzene rings is 1. The summed E-state index contributed by atoms with van der Waals surface area (Å²) in [5.74, 6) is -0.167. The summed E-state index contributed by atoms with van der Waals surface area (Å²) in [5.41, 5.74) is 6.36. The van der Waals surface area contributed by atoms with E-state index in [0.717, 1.165) is 0 Å². The van der Waals surface area contributed by atoms with Crippen LogP contribution in [0.25, 0.3) is 0 Å². The van der Waals surface area contributed by atoms with Gasteiger partial charge >= 0.3 is 0 Å². The number of nitrogens with zero attached hydrogens (tertiary/aromatic N) is 1. The number of aromatic nitrogens is 1. The maximum absolute atomic E-state index is 12.0. The van der Waals surface area contributed by atoms with Gasteiger partial charge in [-0.1, -0.05) is 29.3 Å². The Labute approximate surface area is 128 Å². The predicted molar refractivity (Wildman–Crippen MR) is 80.8 cm³/mol. The highest BCUT2D eigenvalue weighted by molar-refractivity contribution is 9.10. The van der Waals surface area contributed by atoms with Crippen molar-refractivity contribution in [1.82, 2.24) is 4.98 Å². The molecule has 0 atom stereocenters. The molecule has 0 aliphatic heterocycles. The van der Waals surface area contributed by atoms with Gasteiger partial charge in [-0.2, -0.15) is 0 Å².